The Bertz CT molecular complexity index is 1310. The Labute approximate surface area is 205 Å². The number of carbonyl (C=O) groups excluding carboxylic acids is 2. The third kappa shape index (κ3) is 4.57. The van der Waals surface area contributed by atoms with Crippen molar-refractivity contribution in [2.45, 2.75) is 45.6 Å². The number of fused-ring (bicyclic) bond motifs is 1. The number of nitrogens with zero attached hydrogens (tertiary/aromatic N) is 4. The van der Waals surface area contributed by atoms with Crippen LogP contribution in [0.4, 0.5) is 0 Å². The van der Waals surface area contributed by atoms with E-state index in [1.807, 2.05) is 59.2 Å². The summed E-state index contributed by atoms with van der Waals surface area (Å²) in [6, 6.07) is 15.8. The van der Waals surface area contributed by atoms with Gasteiger partial charge in [0.1, 0.15) is 5.82 Å². The van der Waals surface area contributed by atoms with E-state index in [0.717, 1.165) is 47.6 Å². The van der Waals surface area contributed by atoms with Crippen LogP contribution in [0.15, 0.2) is 42.5 Å². The highest BCUT2D eigenvalue weighted by Gasteiger charge is 2.26. The van der Waals surface area contributed by atoms with Crippen molar-refractivity contribution in [3.8, 4) is 17.5 Å². The van der Waals surface area contributed by atoms with Gasteiger partial charge in [0.25, 0.3) is 5.91 Å². The first kappa shape index (κ1) is 22.9. The first-order chi connectivity index (χ1) is 16.9. The van der Waals surface area contributed by atoms with Crippen LogP contribution in [0.3, 0.4) is 0 Å². The number of hydrogen-bond donors (Lipinski definition) is 1. The third-order valence-electron chi connectivity index (χ3n) is 7.31. The Morgan fingerprint density at radius 2 is 1.80 bits per heavy atom. The molecule has 0 bridgehead atoms. The first-order valence-electron chi connectivity index (χ1n) is 12.2. The summed E-state index contributed by atoms with van der Waals surface area (Å²) in [5.74, 6) is 1.28. The van der Waals surface area contributed by atoms with Crippen molar-refractivity contribution in [1.29, 1.82) is 5.26 Å². The maximum Gasteiger partial charge on any atom is 0.253 e. The minimum Gasteiger partial charge on any atom is -0.340 e. The monoisotopic (exact) mass is 467 g/mol. The standard InChI is InChI=1S/C28H29N5O2/c1-18-3-6-23(15-24(18)27-30-25-11-14-33(19(2)34)17-26(25)31-27)28(35)32-12-9-22(10-13-32)21-7-4-20(16-29)5-8-21/h3-8,15,22H,9-14,17H2,1-2H3,(H,30,31). The molecule has 2 amide bonds. The largest absolute Gasteiger partial charge is 0.340 e. The summed E-state index contributed by atoms with van der Waals surface area (Å²) >= 11 is 0. The van der Waals surface area contributed by atoms with E-state index in [0.29, 0.717) is 43.2 Å². The zero-order valence-electron chi connectivity index (χ0n) is 20.2. The van der Waals surface area contributed by atoms with Gasteiger partial charge >= 0.3 is 0 Å². The van der Waals surface area contributed by atoms with E-state index < -0.39 is 0 Å². The van der Waals surface area contributed by atoms with Gasteiger partial charge in [-0.25, -0.2) is 4.98 Å². The van der Waals surface area contributed by atoms with Crippen LogP contribution in [0.25, 0.3) is 11.4 Å². The zero-order chi connectivity index (χ0) is 24.5. The number of piperidine rings is 1. The Balaban J connectivity index is 1.30. The molecule has 0 saturated carbocycles. The molecule has 2 aromatic carbocycles. The topological polar surface area (TPSA) is 93.1 Å². The number of hydrogen-bond acceptors (Lipinski definition) is 4. The molecule has 0 atom stereocenters. The Morgan fingerprint density at radius 3 is 2.49 bits per heavy atom. The molecular weight excluding hydrogens is 438 g/mol. The van der Waals surface area contributed by atoms with Gasteiger partial charge < -0.3 is 14.8 Å². The molecular formula is C28H29N5O2. The second kappa shape index (κ2) is 9.38. The third-order valence-corrected chi connectivity index (χ3v) is 7.31. The summed E-state index contributed by atoms with van der Waals surface area (Å²) in [4.78, 5) is 37.1. The van der Waals surface area contributed by atoms with Crippen molar-refractivity contribution in [1.82, 2.24) is 19.8 Å². The van der Waals surface area contributed by atoms with Crippen LogP contribution in [0, 0.1) is 18.3 Å². The maximum atomic E-state index is 13.3. The number of rotatable bonds is 3. The fraction of sp³-hybridized carbons (Fsp3) is 0.357. The van der Waals surface area contributed by atoms with Gasteiger partial charge in [-0.05, 0) is 61.1 Å². The van der Waals surface area contributed by atoms with Gasteiger partial charge in [-0.2, -0.15) is 5.26 Å². The number of nitrogens with one attached hydrogen (secondary N) is 1. The van der Waals surface area contributed by atoms with Crippen molar-refractivity contribution in [3.63, 3.8) is 0 Å². The molecule has 0 aliphatic carbocycles. The molecule has 3 heterocycles. The molecule has 0 spiro atoms. The van der Waals surface area contributed by atoms with E-state index in [2.05, 4.69) is 11.1 Å². The molecule has 35 heavy (non-hydrogen) atoms. The van der Waals surface area contributed by atoms with Crippen LogP contribution >= 0.6 is 0 Å². The summed E-state index contributed by atoms with van der Waals surface area (Å²) in [5, 5.41) is 9.01. The number of nitriles is 1. The Kier molecular flexibility index (Phi) is 6.12. The van der Waals surface area contributed by atoms with Gasteiger partial charge in [0.15, 0.2) is 0 Å². The first-order valence-corrected chi connectivity index (χ1v) is 12.2. The molecule has 0 radical (unpaired) electrons. The van der Waals surface area contributed by atoms with Crippen LogP contribution in [0.1, 0.15) is 64.1 Å². The van der Waals surface area contributed by atoms with Crippen molar-refractivity contribution in [3.05, 3.63) is 76.1 Å². The molecule has 1 saturated heterocycles. The van der Waals surface area contributed by atoms with E-state index >= 15 is 0 Å². The van der Waals surface area contributed by atoms with E-state index in [-0.39, 0.29) is 11.8 Å². The molecule has 7 heteroatoms. The number of aromatic nitrogens is 2. The van der Waals surface area contributed by atoms with Crippen molar-refractivity contribution >= 4 is 11.8 Å². The predicted molar refractivity (Wildman–Crippen MR) is 133 cm³/mol. The lowest BCUT2D eigenvalue weighted by Gasteiger charge is -2.32. The lowest BCUT2D eigenvalue weighted by atomic mass is 9.89. The van der Waals surface area contributed by atoms with Crippen molar-refractivity contribution in [2.24, 2.45) is 0 Å². The number of aryl methyl sites for hydroxylation is 1. The fourth-order valence-electron chi connectivity index (χ4n) is 5.13. The number of likely N-dealkylation sites (tertiary alicyclic amines) is 1. The molecule has 1 N–H and O–H groups in total. The highest BCUT2D eigenvalue weighted by molar-refractivity contribution is 5.95. The highest BCUT2D eigenvalue weighted by Crippen LogP contribution is 2.30. The quantitative estimate of drug-likeness (QED) is 0.625. The summed E-state index contributed by atoms with van der Waals surface area (Å²) in [7, 11) is 0. The van der Waals surface area contributed by atoms with Gasteiger partial charge in [0, 0.05) is 44.1 Å². The maximum absolute atomic E-state index is 13.3. The number of aromatic amines is 1. The molecule has 1 fully saturated rings. The van der Waals surface area contributed by atoms with Crippen molar-refractivity contribution in [2.75, 3.05) is 19.6 Å². The van der Waals surface area contributed by atoms with Gasteiger partial charge in [-0.15, -0.1) is 0 Å². The van der Waals surface area contributed by atoms with Gasteiger partial charge in [0.05, 0.1) is 29.6 Å². The summed E-state index contributed by atoms with van der Waals surface area (Å²) in [6.07, 6.45) is 2.55. The molecule has 1 aromatic heterocycles. The molecule has 7 nitrogen and oxygen atoms in total. The summed E-state index contributed by atoms with van der Waals surface area (Å²) < 4.78 is 0. The number of benzene rings is 2. The summed E-state index contributed by atoms with van der Waals surface area (Å²) in [5.41, 5.74) is 6.52. The van der Waals surface area contributed by atoms with Gasteiger partial charge in [-0.1, -0.05) is 18.2 Å². The van der Waals surface area contributed by atoms with Crippen LogP contribution < -0.4 is 0 Å². The average Bonchev–Trinajstić information content (AvgIpc) is 3.32. The minimum atomic E-state index is 0.0450. The average molecular weight is 468 g/mol. The van der Waals surface area contributed by atoms with Crippen LogP contribution in [0.5, 0.6) is 0 Å². The molecule has 2 aliphatic rings. The smallest absolute Gasteiger partial charge is 0.253 e. The number of imidazole rings is 1. The minimum absolute atomic E-state index is 0.0450. The van der Waals surface area contributed by atoms with E-state index in [9.17, 15) is 9.59 Å². The van der Waals surface area contributed by atoms with E-state index in [1.165, 1.54) is 5.56 Å². The molecule has 5 rings (SSSR count). The Morgan fingerprint density at radius 1 is 1.06 bits per heavy atom. The molecule has 0 unspecified atom stereocenters. The lowest BCUT2D eigenvalue weighted by molar-refractivity contribution is -0.129. The molecule has 3 aromatic rings. The molecule has 2 aliphatic heterocycles. The number of carbonyl (C=O) groups is 2. The van der Waals surface area contributed by atoms with Gasteiger partial charge in [-0.3, -0.25) is 9.59 Å². The van der Waals surface area contributed by atoms with Gasteiger partial charge in [0.2, 0.25) is 5.91 Å². The number of H-pyrrole nitrogens is 1. The normalized spacial score (nSPS) is 16.0. The SMILES string of the molecule is CC(=O)N1CCc2nc(-c3cc(C(=O)N4CCC(c5ccc(C#N)cc5)CC4)ccc3C)[nH]c2C1. The van der Waals surface area contributed by atoms with Crippen LogP contribution in [0.2, 0.25) is 0 Å². The van der Waals surface area contributed by atoms with E-state index in [1.54, 1.807) is 6.92 Å². The van der Waals surface area contributed by atoms with Crippen LogP contribution in [-0.2, 0) is 17.8 Å². The predicted octanol–water partition coefficient (Wildman–Crippen LogP) is 4.18. The fourth-order valence-corrected chi connectivity index (χ4v) is 5.13. The zero-order valence-corrected chi connectivity index (χ0v) is 20.2. The second-order valence-corrected chi connectivity index (χ2v) is 9.53. The number of amides is 2. The summed E-state index contributed by atoms with van der Waals surface area (Å²) in [6.45, 7) is 6.27. The Hall–Kier alpha value is -3.92. The van der Waals surface area contributed by atoms with Crippen LogP contribution in [-0.4, -0.2) is 51.2 Å². The van der Waals surface area contributed by atoms with Crippen molar-refractivity contribution < 1.29 is 9.59 Å². The highest BCUT2D eigenvalue weighted by atomic mass is 16.2. The molecule has 178 valence electrons. The second-order valence-electron chi connectivity index (χ2n) is 9.53. The lowest BCUT2D eigenvalue weighted by Crippen LogP contribution is -2.37. The van der Waals surface area contributed by atoms with E-state index in [4.69, 9.17) is 10.2 Å².